The molecule has 3 N–H and O–H groups in total. The van der Waals surface area contributed by atoms with Gasteiger partial charge in [-0.2, -0.15) is 5.10 Å². The van der Waals surface area contributed by atoms with Crippen molar-refractivity contribution in [2.75, 3.05) is 12.3 Å². The van der Waals surface area contributed by atoms with Gasteiger partial charge < -0.3 is 10.5 Å². The number of ether oxygens (including phenoxy) is 1. The molecule has 2 aromatic rings. The van der Waals surface area contributed by atoms with E-state index in [2.05, 4.69) is 10.2 Å². The molecule has 0 spiro atoms. The number of aromatic nitrogens is 2. The number of nitrogens with two attached hydrogens (primary N) is 1. The zero-order chi connectivity index (χ0) is 13.2. The Morgan fingerprint density at radius 2 is 2.21 bits per heavy atom. The van der Waals surface area contributed by atoms with Crippen LogP contribution in [0.5, 0.6) is 5.75 Å². The fourth-order valence-corrected chi connectivity index (χ4v) is 2.18. The normalized spacial score (nSPS) is 15.2. The third-order valence-electron chi connectivity index (χ3n) is 3.53. The van der Waals surface area contributed by atoms with Crippen LogP contribution in [0.1, 0.15) is 19.3 Å². The molecule has 1 heterocycles. The molecule has 0 atom stereocenters. The van der Waals surface area contributed by atoms with Crippen molar-refractivity contribution in [2.24, 2.45) is 5.92 Å². The Kier molecular flexibility index (Phi) is 3.11. The lowest BCUT2D eigenvalue weighted by Crippen LogP contribution is -2.19. The maximum Gasteiger partial charge on any atom is 0.145 e. The Hall–Kier alpha value is -2.04. The molecular formula is C14H16FN3O. The fourth-order valence-electron chi connectivity index (χ4n) is 2.18. The number of halogens is 1. The first-order valence-electron chi connectivity index (χ1n) is 6.46. The van der Waals surface area contributed by atoms with Crippen molar-refractivity contribution in [3.05, 3.63) is 30.1 Å². The fraction of sp³-hybridized carbons (Fsp3) is 0.357. The molecule has 0 saturated heterocycles. The first kappa shape index (κ1) is 12.0. The van der Waals surface area contributed by atoms with Crippen LogP contribution in [0.3, 0.4) is 0 Å². The Balaban J connectivity index is 1.85. The van der Waals surface area contributed by atoms with E-state index in [1.165, 1.54) is 31.4 Å². The van der Waals surface area contributed by atoms with Crippen LogP contribution in [-0.4, -0.2) is 16.8 Å². The Bertz CT molecular complexity index is 578. The highest BCUT2D eigenvalue weighted by molar-refractivity contribution is 5.69. The molecule has 1 saturated carbocycles. The second-order valence-corrected chi connectivity index (χ2v) is 4.95. The summed E-state index contributed by atoms with van der Waals surface area (Å²) in [6.45, 7) is 0.683. The Labute approximate surface area is 110 Å². The van der Waals surface area contributed by atoms with Gasteiger partial charge in [-0.05, 0) is 37.0 Å². The van der Waals surface area contributed by atoms with Gasteiger partial charge in [0.25, 0.3) is 0 Å². The zero-order valence-corrected chi connectivity index (χ0v) is 10.5. The van der Waals surface area contributed by atoms with E-state index >= 15 is 0 Å². The molecule has 100 valence electrons. The molecule has 0 amide bonds. The second kappa shape index (κ2) is 4.91. The summed E-state index contributed by atoms with van der Waals surface area (Å²) >= 11 is 0. The molecule has 5 heteroatoms. The molecule has 0 radical (unpaired) electrons. The summed E-state index contributed by atoms with van der Waals surface area (Å²) in [7, 11) is 0. The minimum atomic E-state index is -0.306. The second-order valence-electron chi connectivity index (χ2n) is 4.95. The molecule has 1 fully saturated rings. The summed E-state index contributed by atoms with van der Waals surface area (Å²) in [5.74, 6) is 1.37. The highest BCUT2D eigenvalue weighted by atomic mass is 19.1. The van der Waals surface area contributed by atoms with Crippen LogP contribution in [0, 0.1) is 11.7 Å². The van der Waals surface area contributed by atoms with Gasteiger partial charge >= 0.3 is 0 Å². The quantitative estimate of drug-likeness (QED) is 0.889. The molecular weight excluding hydrogens is 245 g/mol. The number of H-pyrrole nitrogens is 1. The molecule has 19 heavy (non-hydrogen) atoms. The van der Waals surface area contributed by atoms with Crippen LogP contribution < -0.4 is 10.5 Å². The van der Waals surface area contributed by atoms with Crippen LogP contribution >= 0.6 is 0 Å². The topological polar surface area (TPSA) is 63.9 Å². The van der Waals surface area contributed by atoms with E-state index in [0.29, 0.717) is 35.3 Å². The van der Waals surface area contributed by atoms with Crippen LogP contribution in [0.4, 0.5) is 10.2 Å². The summed E-state index contributed by atoms with van der Waals surface area (Å²) in [6, 6.07) is 6.16. The number of nitrogens with zero attached hydrogens (tertiary/aromatic N) is 1. The minimum Gasteiger partial charge on any atom is -0.493 e. The van der Waals surface area contributed by atoms with Crippen molar-refractivity contribution < 1.29 is 9.13 Å². The zero-order valence-electron chi connectivity index (χ0n) is 10.5. The summed E-state index contributed by atoms with van der Waals surface area (Å²) in [5.41, 5.74) is 6.90. The van der Waals surface area contributed by atoms with Gasteiger partial charge in [-0.25, -0.2) is 4.39 Å². The van der Waals surface area contributed by atoms with Gasteiger partial charge in [0.05, 0.1) is 12.3 Å². The smallest absolute Gasteiger partial charge is 0.145 e. The maximum atomic E-state index is 13.4. The van der Waals surface area contributed by atoms with Crippen molar-refractivity contribution in [1.29, 1.82) is 0 Å². The van der Waals surface area contributed by atoms with Crippen molar-refractivity contribution >= 4 is 5.82 Å². The third kappa shape index (κ3) is 2.54. The standard InChI is InChI=1S/C14H16FN3O/c15-10-4-5-13(19-8-9-2-1-3-9)11(6-10)12-7-14(16)18-17-12/h4-7,9H,1-3,8H2,(H3,16,17,18). The number of benzene rings is 1. The van der Waals surface area contributed by atoms with Crippen molar-refractivity contribution in [3.8, 4) is 17.0 Å². The lowest BCUT2D eigenvalue weighted by molar-refractivity contribution is 0.181. The molecule has 0 bridgehead atoms. The summed E-state index contributed by atoms with van der Waals surface area (Å²) in [6.07, 6.45) is 3.71. The molecule has 4 nitrogen and oxygen atoms in total. The van der Waals surface area contributed by atoms with Crippen molar-refractivity contribution in [2.45, 2.75) is 19.3 Å². The number of hydrogen-bond acceptors (Lipinski definition) is 3. The van der Waals surface area contributed by atoms with Gasteiger partial charge in [0.2, 0.25) is 0 Å². The van der Waals surface area contributed by atoms with Gasteiger partial charge in [-0.15, -0.1) is 0 Å². The molecule has 1 aromatic carbocycles. The Morgan fingerprint density at radius 1 is 1.37 bits per heavy atom. The number of nitrogen functional groups attached to an aromatic ring is 1. The maximum absolute atomic E-state index is 13.4. The van der Waals surface area contributed by atoms with Crippen LogP contribution in [0.2, 0.25) is 0 Å². The number of anilines is 1. The van der Waals surface area contributed by atoms with Crippen LogP contribution in [-0.2, 0) is 0 Å². The van der Waals surface area contributed by atoms with Crippen molar-refractivity contribution in [3.63, 3.8) is 0 Å². The van der Waals surface area contributed by atoms with Gasteiger partial charge in [-0.3, -0.25) is 5.10 Å². The number of hydrogen-bond donors (Lipinski definition) is 2. The molecule has 0 aliphatic heterocycles. The lowest BCUT2D eigenvalue weighted by Gasteiger charge is -2.25. The van der Waals surface area contributed by atoms with Gasteiger partial charge in [0.15, 0.2) is 0 Å². The molecule has 1 aliphatic carbocycles. The molecule has 1 aliphatic rings. The predicted octanol–water partition coefficient (Wildman–Crippen LogP) is 2.98. The summed E-state index contributed by atoms with van der Waals surface area (Å²) < 4.78 is 19.2. The summed E-state index contributed by atoms with van der Waals surface area (Å²) in [5, 5.41) is 6.64. The SMILES string of the molecule is Nc1cc(-c2cc(F)ccc2OCC2CCC2)[nH]n1. The van der Waals surface area contributed by atoms with Gasteiger partial charge in [0.1, 0.15) is 17.4 Å². The van der Waals surface area contributed by atoms with Crippen LogP contribution in [0.25, 0.3) is 11.3 Å². The first-order valence-corrected chi connectivity index (χ1v) is 6.46. The van der Waals surface area contributed by atoms with Crippen LogP contribution in [0.15, 0.2) is 24.3 Å². The van der Waals surface area contributed by atoms with E-state index in [1.54, 1.807) is 12.1 Å². The van der Waals surface area contributed by atoms with Gasteiger partial charge in [-0.1, -0.05) is 6.42 Å². The first-order chi connectivity index (χ1) is 9.22. The average molecular weight is 261 g/mol. The monoisotopic (exact) mass is 261 g/mol. The van der Waals surface area contributed by atoms with Crippen molar-refractivity contribution in [1.82, 2.24) is 10.2 Å². The minimum absolute atomic E-state index is 0.306. The highest BCUT2D eigenvalue weighted by Crippen LogP contribution is 2.32. The number of rotatable bonds is 4. The van der Waals surface area contributed by atoms with E-state index in [1.807, 2.05) is 0 Å². The van der Waals surface area contributed by atoms with E-state index in [0.717, 1.165) is 0 Å². The average Bonchev–Trinajstić information content (AvgIpc) is 2.75. The molecule has 3 rings (SSSR count). The number of aromatic amines is 1. The summed E-state index contributed by atoms with van der Waals surface area (Å²) in [4.78, 5) is 0. The van der Waals surface area contributed by atoms with E-state index in [-0.39, 0.29) is 5.82 Å². The van der Waals surface area contributed by atoms with E-state index in [9.17, 15) is 4.39 Å². The predicted molar refractivity (Wildman–Crippen MR) is 71.2 cm³/mol. The van der Waals surface area contributed by atoms with E-state index < -0.39 is 0 Å². The number of nitrogens with one attached hydrogen (secondary N) is 1. The van der Waals surface area contributed by atoms with E-state index in [4.69, 9.17) is 10.5 Å². The molecule has 1 aromatic heterocycles. The lowest BCUT2D eigenvalue weighted by atomic mass is 9.86. The largest absolute Gasteiger partial charge is 0.493 e. The third-order valence-corrected chi connectivity index (χ3v) is 3.53. The highest BCUT2D eigenvalue weighted by Gasteiger charge is 2.19. The van der Waals surface area contributed by atoms with Gasteiger partial charge in [0, 0.05) is 11.6 Å². The Morgan fingerprint density at radius 3 is 2.84 bits per heavy atom. The molecule has 0 unspecified atom stereocenters.